The van der Waals surface area contributed by atoms with Crippen LogP contribution in [0.4, 0.5) is 0 Å². The molecule has 0 bridgehead atoms. The highest BCUT2D eigenvalue weighted by Gasteiger charge is 2.21. The lowest BCUT2D eigenvalue weighted by molar-refractivity contribution is -0.134. The molecular weight excluding hydrogens is 178 g/mol. The molecule has 0 aliphatic carbocycles. The van der Waals surface area contributed by atoms with Crippen molar-refractivity contribution in [2.24, 2.45) is 0 Å². The maximum absolute atomic E-state index is 10.9. The van der Waals surface area contributed by atoms with Crippen LogP contribution in [0.3, 0.4) is 0 Å². The molecule has 0 N–H and O–H groups in total. The minimum absolute atomic E-state index is 0.282. The van der Waals surface area contributed by atoms with Gasteiger partial charge in [-0.1, -0.05) is 0 Å². The van der Waals surface area contributed by atoms with Gasteiger partial charge in [0.05, 0.1) is 7.11 Å². The van der Waals surface area contributed by atoms with Crippen molar-refractivity contribution in [3.8, 4) is 0 Å². The Morgan fingerprint density at radius 3 is 2.43 bits per heavy atom. The Balaban J connectivity index is 2.55. The molecule has 80 valence electrons. The number of hydrogen-bond acceptors (Lipinski definition) is 3. The van der Waals surface area contributed by atoms with Crippen LogP contribution in [0.5, 0.6) is 0 Å². The van der Waals surface area contributed by atoms with Crippen LogP contribution in [0.2, 0.25) is 0 Å². The molecule has 1 heterocycles. The van der Waals surface area contributed by atoms with E-state index in [4.69, 9.17) is 0 Å². The van der Waals surface area contributed by atoms with Crippen LogP contribution in [0, 0.1) is 0 Å². The van der Waals surface area contributed by atoms with Gasteiger partial charge in [-0.2, -0.15) is 0 Å². The molecule has 0 unspecified atom stereocenters. The van der Waals surface area contributed by atoms with E-state index in [1.165, 1.54) is 32.4 Å². The zero-order valence-corrected chi connectivity index (χ0v) is 9.19. The number of ether oxygens (including phenoxy) is 1. The second-order valence-electron chi connectivity index (χ2n) is 3.92. The van der Waals surface area contributed by atoms with Gasteiger partial charge in [-0.25, -0.2) is 4.79 Å². The van der Waals surface area contributed by atoms with Crippen LogP contribution >= 0.6 is 0 Å². The van der Waals surface area contributed by atoms with Crippen LogP contribution < -0.4 is 0 Å². The average molecular weight is 197 g/mol. The van der Waals surface area contributed by atoms with Crippen LogP contribution in [-0.2, 0) is 9.53 Å². The summed E-state index contributed by atoms with van der Waals surface area (Å²) < 4.78 is 4.56. The number of likely N-dealkylation sites (tertiary alicyclic amines) is 1. The van der Waals surface area contributed by atoms with E-state index in [1.807, 2.05) is 6.20 Å². The molecule has 0 saturated carbocycles. The molecule has 1 rings (SSSR count). The Bertz CT molecular complexity index is 215. The first-order valence-electron chi connectivity index (χ1n) is 5.18. The third-order valence-electron chi connectivity index (χ3n) is 2.85. The average Bonchev–Trinajstić information content (AvgIpc) is 2.16. The van der Waals surface area contributed by atoms with Crippen molar-refractivity contribution >= 4 is 5.97 Å². The number of rotatable bonds is 2. The number of hydrogen-bond donors (Lipinski definition) is 0. The highest BCUT2D eigenvalue weighted by Crippen LogP contribution is 2.22. The zero-order valence-electron chi connectivity index (χ0n) is 9.19. The molecule has 0 amide bonds. The van der Waals surface area contributed by atoms with Crippen molar-refractivity contribution in [2.45, 2.75) is 45.2 Å². The second-order valence-corrected chi connectivity index (χ2v) is 3.92. The van der Waals surface area contributed by atoms with Gasteiger partial charge < -0.3 is 9.64 Å². The molecule has 1 aliphatic rings. The molecule has 0 aromatic heterocycles. The van der Waals surface area contributed by atoms with Crippen LogP contribution in [0.25, 0.3) is 0 Å². The van der Waals surface area contributed by atoms with Crippen LogP contribution in [0.1, 0.15) is 33.1 Å². The summed E-state index contributed by atoms with van der Waals surface area (Å²) in [5, 5.41) is 0. The van der Waals surface area contributed by atoms with Crippen molar-refractivity contribution in [1.29, 1.82) is 0 Å². The lowest BCUT2D eigenvalue weighted by atomic mass is 9.98. The first-order chi connectivity index (χ1) is 6.65. The number of nitrogens with zero attached hydrogens (tertiary/aromatic N) is 1. The predicted molar refractivity (Wildman–Crippen MR) is 55.8 cm³/mol. The van der Waals surface area contributed by atoms with E-state index in [1.54, 1.807) is 0 Å². The quantitative estimate of drug-likeness (QED) is 0.500. The van der Waals surface area contributed by atoms with Crippen molar-refractivity contribution in [3.63, 3.8) is 0 Å². The Hall–Kier alpha value is -0.990. The monoisotopic (exact) mass is 197 g/mol. The normalized spacial score (nSPS) is 28.1. The van der Waals surface area contributed by atoms with Gasteiger partial charge in [0.15, 0.2) is 0 Å². The van der Waals surface area contributed by atoms with Gasteiger partial charge in [-0.05, 0) is 33.1 Å². The summed E-state index contributed by atoms with van der Waals surface area (Å²) in [6, 6.07) is 1.05. The molecule has 1 fully saturated rings. The van der Waals surface area contributed by atoms with E-state index >= 15 is 0 Å². The lowest BCUT2D eigenvalue weighted by Crippen LogP contribution is -2.39. The highest BCUT2D eigenvalue weighted by molar-refractivity contribution is 5.81. The fraction of sp³-hybridized carbons (Fsp3) is 0.727. The number of esters is 1. The van der Waals surface area contributed by atoms with Gasteiger partial charge in [-0.15, -0.1) is 0 Å². The molecule has 2 atom stereocenters. The fourth-order valence-corrected chi connectivity index (χ4v) is 1.95. The molecule has 14 heavy (non-hydrogen) atoms. The molecule has 0 radical (unpaired) electrons. The predicted octanol–water partition coefficient (Wildman–Crippen LogP) is 1.94. The number of carbonyl (C=O) groups is 1. The summed E-state index contributed by atoms with van der Waals surface area (Å²) >= 11 is 0. The molecular formula is C11H19NO2. The van der Waals surface area contributed by atoms with Crippen molar-refractivity contribution in [2.75, 3.05) is 7.11 Å². The maximum atomic E-state index is 10.9. The van der Waals surface area contributed by atoms with Crippen molar-refractivity contribution < 1.29 is 9.53 Å². The highest BCUT2D eigenvalue weighted by atomic mass is 16.5. The Morgan fingerprint density at radius 1 is 1.36 bits per heavy atom. The summed E-state index contributed by atoms with van der Waals surface area (Å²) in [5.74, 6) is -0.282. The topological polar surface area (TPSA) is 29.5 Å². The minimum Gasteiger partial charge on any atom is -0.466 e. The lowest BCUT2D eigenvalue weighted by Gasteiger charge is -2.38. The summed E-state index contributed by atoms with van der Waals surface area (Å²) in [6.07, 6.45) is 7.05. The van der Waals surface area contributed by atoms with E-state index in [2.05, 4.69) is 23.5 Å². The molecule has 3 heteroatoms. The van der Waals surface area contributed by atoms with E-state index in [0.29, 0.717) is 12.1 Å². The molecule has 1 aliphatic heterocycles. The minimum atomic E-state index is -0.282. The van der Waals surface area contributed by atoms with Gasteiger partial charge in [0.1, 0.15) is 0 Å². The van der Waals surface area contributed by atoms with Gasteiger partial charge in [0, 0.05) is 24.4 Å². The van der Waals surface area contributed by atoms with E-state index in [-0.39, 0.29) is 5.97 Å². The zero-order chi connectivity index (χ0) is 10.6. The number of methoxy groups -OCH3 is 1. The molecule has 0 aromatic rings. The first-order valence-corrected chi connectivity index (χ1v) is 5.18. The molecule has 0 spiro atoms. The number of piperidine rings is 1. The van der Waals surface area contributed by atoms with Gasteiger partial charge in [0.2, 0.25) is 0 Å². The standard InChI is InChI=1S/C11H19NO2/c1-9-5-4-6-10(2)12(9)8-7-11(13)14-3/h7-10H,4-6H2,1-3H3/b8-7+/t9-,10+. The maximum Gasteiger partial charge on any atom is 0.331 e. The van der Waals surface area contributed by atoms with E-state index in [9.17, 15) is 4.79 Å². The fourth-order valence-electron chi connectivity index (χ4n) is 1.95. The molecule has 3 nitrogen and oxygen atoms in total. The Morgan fingerprint density at radius 2 is 1.93 bits per heavy atom. The summed E-state index contributed by atoms with van der Waals surface area (Å²) in [6.45, 7) is 4.38. The third kappa shape index (κ3) is 2.76. The summed E-state index contributed by atoms with van der Waals surface area (Å²) in [4.78, 5) is 13.2. The van der Waals surface area contributed by atoms with Crippen molar-refractivity contribution in [1.82, 2.24) is 4.90 Å². The van der Waals surface area contributed by atoms with Gasteiger partial charge in [0.25, 0.3) is 0 Å². The van der Waals surface area contributed by atoms with E-state index in [0.717, 1.165) is 0 Å². The SMILES string of the molecule is COC(=O)/C=C/N1[C@H](C)CCC[C@@H]1C. The summed E-state index contributed by atoms with van der Waals surface area (Å²) in [5.41, 5.74) is 0. The smallest absolute Gasteiger partial charge is 0.331 e. The Kier molecular flexibility index (Phi) is 3.98. The molecule has 1 saturated heterocycles. The Labute approximate surface area is 85.7 Å². The summed E-state index contributed by atoms with van der Waals surface area (Å²) in [7, 11) is 1.40. The van der Waals surface area contributed by atoms with Gasteiger partial charge >= 0.3 is 5.97 Å². The number of carbonyl (C=O) groups excluding carboxylic acids is 1. The van der Waals surface area contributed by atoms with Gasteiger partial charge in [-0.3, -0.25) is 0 Å². The van der Waals surface area contributed by atoms with Crippen LogP contribution in [0.15, 0.2) is 12.3 Å². The third-order valence-corrected chi connectivity index (χ3v) is 2.85. The van der Waals surface area contributed by atoms with E-state index < -0.39 is 0 Å². The second kappa shape index (κ2) is 5.03. The molecule has 0 aromatic carbocycles. The van der Waals surface area contributed by atoms with Crippen LogP contribution in [-0.4, -0.2) is 30.1 Å². The van der Waals surface area contributed by atoms with Crippen molar-refractivity contribution in [3.05, 3.63) is 12.3 Å². The largest absolute Gasteiger partial charge is 0.466 e. The first kappa shape index (κ1) is 11.1.